The fraction of sp³-hybridized carbons (Fsp3) is 0.226. The number of carbonyl (C=O) groups excluding carboxylic acids is 1. The molecule has 0 unspecified atom stereocenters. The second-order valence-electron chi connectivity index (χ2n) is 10.1. The molecule has 1 aromatic heterocycles. The molecule has 4 rings (SSSR count). The Labute approximate surface area is 241 Å². The molecule has 0 aliphatic heterocycles. The van der Waals surface area contributed by atoms with E-state index in [0.29, 0.717) is 16.3 Å². The number of benzene rings is 3. The summed E-state index contributed by atoms with van der Waals surface area (Å²) in [6.07, 6.45) is 1.58. The molecule has 0 aliphatic carbocycles. The Morgan fingerprint density at radius 2 is 1.55 bits per heavy atom. The van der Waals surface area contributed by atoms with Gasteiger partial charge in [0.15, 0.2) is 0 Å². The lowest BCUT2D eigenvalue weighted by Crippen LogP contribution is -2.40. The van der Waals surface area contributed by atoms with Crippen LogP contribution in [0.1, 0.15) is 39.2 Å². The highest BCUT2D eigenvalue weighted by molar-refractivity contribution is 7.92. The van der Waals surface area contributed by atoms with Crippen molar-refractivity contribution in [1.82, 2.24) is 9.99 Å². The fourth-order valence-electron chi connectivity index (χ4n) is 4.77. The summed E-state index contributed by atoms with van der Waals surface area (Å²) in [7, 11) is -4.05. The largest absolute Gasteiger partial charge is 0.318 e. The first-order chi connectivity index (χ1) is 18.9. The molecule has 1 N–H and O–H groups in total. The van der Waals surface area contributed by atoms with Gasteiger partial charge in [-0.3, -0.25) is 9.10 Å². The van der Waals surface area contributed by atoms with Crippen LogP contribution < -0.4 is 9.73 Å². The summed E-state index contributed by atoms with van der Waals surface area (Å²) in [6.45, 7) is 11.3. The molecular formula is C31H33ClN4O3S. The van der Waals surface area contributed by atoms with Gasteiger partial charge in [-0.1, -0.05) is 35.4 Å². The second-order valence-corrected chi connectivity index (χ2v) is 12.4. The fourth-order valence-corrected chi connectivity index (χ4v) is 6.48. The number of halogens is 1. The summed E-state index contributed by atoms with van der Waals surface area (Å²) in [5, 5.41) is 4.63. The van der Waals surface area contributed by atoms with Crippen LogP contribution in [0.2, 0.25) is 5.02 Å². The second kappa shape index (κ2) is 11.7. The molecule has 0 fully saturated rings. The highest BCUT2D eigenvalue weighted by Gasteiger charge is 2.28. The number of nitrogens with zero attached hydrogens (tertiary/aromatic N) is 3. The van der Waals surface area contributed by atoms with Crippen LogP contribution in [0, 0.1) is 41.5 Å². The quantitative estimate of drug-likeness (QED) is 0.197. The molecule has 9 heteroatoms. The maximum atomic E-state index is 13.7. The minimum absolute atomic E-state index is 0.0857. The zero-order valence-corrected chi connectivity index (χ0v) is 25.1. The number of sulfonamides is 1. The highest BCUT2D eigenvalue weighted by Crippen LogP contribution is 2.29. The third kappa shape index (κ3) is 6.29. The van der Waals surface area contributed by atoms with Gasteiger partial charge in [0.25, 0.3) is 15.9 Å². The van der Waals surface area contributed by atoms with Crippen molar-refractivity contribution in [3.05, 3.63) is 111 Å². The molecule has 208 valence electrons. The van der Waals surface area contributed by atoms with Gasteiger partial charge in [0.05, 0.1) is 16.8 Å². The predicted molar refractivity (Wildman–Crippen MR) is 162 cm³/mol. The Hall–Kier alpha value is -3.88. The average Bonchev–Trinajstić information content (AvgIpc) is 3.15. The van der Waals surface area contributed by atoms with Gasteiger partial charge >= 0.3 is 0 Å². The van der Waals surface area contributed by atoms with E-state index in [0.717, 1.165) is 32.5 Å². The topological polar surface area (TPSA) is 83.8 Å². The Morgan fingerprint density at radius 1 is 0.900 bits per heavy atom. The van der Waals surface area contributed by atoms with Crippen LogP contribution in [0.25, 0.3) is 5.69 Å². The number of hydrogen-bond acceptors (Lipinski definition) is 4. The van der Waals surface area contributed by atoms with Gasteiger partial charge in [0.2, 0.25) is 0 Å². The molecule has 0 saturated carbocycles. The standard InChI is InChI=1S/C31H33ClN4O3S/c1-20-7-10-29(11-8-20)40(38,39)35(30-12-9-27(32)16-23(30)4)19-31(37)34-33-18-26-17-24(5)36(25(26)6)28-14-21(2)13-22(3)15-28/h7-18H,19H2,1-6H3,(H,34,37)/b33-18+. The monoisotopic (exact) mass is 576 g/mol. The number of hydrogen-bond donors (Lipinski definition) is 1. The van der Waals surface area contributed by atoms with Crippen LogP contribution in [0.15, 0.2) is 76.7 Å². The van der Waals surface area contributed by atoms with E-state index < -0.39 is 22.5 Å². The number of aromatic nitrogens is 1. The van der Waals surface area contributed by atoms with E-state index in [-0.39, 0.29) is 4.90 Å². The van der Waals surface area contributed by atoms with Crippen molar-refractivity contribution in [3.63, 3.8) is 0 Å². The van der Waals surface area contributed by atoms with Crippen molar-refractivity contribution in [2.24, 2.45) is 5.10 Å². The molecule has 0 bridgehead atoms. The maximum Gasteiger partial charge on any atom is 0.264 e. The Kier molecular flexibility index (Phi) is 8.51. The molecule has 1 heterocycles. The number of hydrazone groups is 1. The SMILES string of the molecule is Cc1ccc(S(=O)(=O)N(CC(=O)N/N=C/c2cc(C)n(-c3cc(C)cc(C)c3)c2C)c2ccc(Cl)cc2C)cc1. The molecule has 0 spiro atoms. The molecular weight excluding hydrogens is 544 g/mol. The normalized spacial score (nSPS) is 11.7. The van der Waals surface area contributed by atoms with Crippen molar-refractivity contribution in [3.8, 4) is 5.69 Å². The average molecular weight is 577 g/mol. The third-order valence-corrected chi connectivity index (χ3v) is 8.66. The first kappa shape index (κ1) is 29.1. The Balaban J connectivity index is 1.58. The smallest absolute Gasteiger partial charge is 0.264 e. The number of rotatable bonds is 8. The number of amides is 1. The Bertz CT molecular complexity index is 1690. The van der Waals surface area contributed by atoms with Gasteiger partial charge < -0.3 is 4.57 Å². The minimum Gasteiger partial charge on any atom is -0.318 e. The van der Waals surface area contributed by atoms with E-state index in [1.807, 2.05) is 26.8 Å². The summed E-state index contributed by atoms with van der Waals surface area (Å²) in [6, 6.07) is 19.7. The number of aryl methyl sites for hydroxylation is 5. The van der Waals surface area contributed by atoms with Gasteiger partial charge in [-0.15, -0.1) is 0 Å². The van der Waals surface area contributed by atoms with E-state index >= 15 is 0 Å². The van der Waals surface area contributed by atoms with Gasteiger partial charge in [0, 0.05) is 27.7 Å². The lowest BCUT2D eigenvalue weighted by Gasteiger charge is -2.25. The summed E-state index contributed by atoms with van der Waals surface area (Å²) >= 11 is 6.11. The van der Waals surface area contributed by atoms with Crippen LogP contribution in [-0.2, 0) is 14.8 Å². The summed E-state index contributed by atoms with van der Waals surface area (Å²) in [4.78, 5) is 13.1. The number of anilines is 1. The molecule has 0 aliphatic rings. The molecule has 40 heavy (non-hydrogen) atoms. The lowest BCUT2D eigenvalue weighted by atomic mass is 10.1. The van der Waals surface area contributed by atoms with E-state index in [9.17, 15) is 13.2 Å². The molecule has 7 nitrogen and oxygen atoms in total. The zero-order chi connectivity index (χ0) is 29.2. The molecule has 3 aromatic carbocycles. The molecule has 0 saturated heterocycles. The third-order valence-electron chi connectivity index (χ3n) is 6.65. The predicted octanol–water partition coefficient (Wildman–Crippen LogP) is 6.33. The van der Waals surface area contributed by atoms with Crippen molar-refractivity contribution in [2.45, 2.75) is 46.4 Å². The number of nitrogens with one attached hydrogen (secondary N) is 1. The van der Waals surface area contributed by atoms with Crippen molar-refractivity contribution < 1.29 is 13.2 Å². The van der Waals surface area contributed by atoms with Gasteiger partial charge in [0.1, 0.15) is 6.54 Å². The summed E-state index contributed by atoms with van der Waals surface area (Å²) < 4.78 is 30.5. The lowest BCUT2D eigenvalue weighted by molar-refractivity contribution is -0.119. The summed E-state index contributed by atoms with van der Waals surface area (Å²) in [5.41, 5.74) is 10.7. The van der Waals surface area contributed by atoms with Gasteiger partial charge in [-0.25, -0.2) is 13.8 Å². The Morgan fingerprint density at radius 3 is 2.17 bits per heavy atom. The van der Waals surface area contributed by atoms with Crippen molar-refractivity contribution in [1.29, 1.82) is 0 Å². The van der Waals surface area contributed by atoms with Gasteiger partial charge in [-0.2, -0.15) is 5.10 Å². The number of carbonyl (C=O) groups is 1. The van der Waals surface area contributed by atoms with Crippen molar-refractivity contribution >= 4 is 39.4 Å². The van der Waals surface area contributed by atoms with E-state index in [4.69, 9.17) is 11.6 Å². The minimum atomic E-state index is -4.05. The van der Waals surface area contributed by atoms with Crippen LogP contribution in [0.4, 0.5) is 5.69 Å². The van der Waals surface area contributed by atoms with E-state index in [1.54, 1.807) is 43.5 Å². The van der Waals surface area contributed by atoms with Crippen LogP contribution >= 0.6 is 11.6 Å². The van der Waals surface area contributed by atoms with Crippen LogP contribution in [0.3, 0.4) is 0 Å². The summed E-state index contributed by atoms with van der Waals surface area (Å²) in [5.74, 6) is -0.579. The van der Waals surface area contributed by atoms with E-state index in [2.05, 4.69) is 47.1 Å². The van der Waals surface area contributed by atoms with Crippen LogP contribution in [-0.4, -0.2) is 31.7 Å². The highest BCUT2D eigenvalue weighted by atomic mass is 35.5. The van der Waals surface area contributed by atoms with Gasteiger partial charge in [-0.05, 0) is 107 Å². The van der Waals surface area contributed by atoms with Crippen LogP contribution in [0.5, 0.6) is 0 Å². The van der Waals surface area contributed by atoms with E-state index in [1.165, 1.54) is 23.3 Å². The molecule has 1 amide bonds. The molecule has 0 radical (unpaired) electrons. The first-order valence-electron chi connectivity index (χ1n) is 12.8. The van der Waals surface area contributed by atoms with Crippen molar-refractivity contribution in [2.75, 3.05) is 10.8 Å². The zero-order valence-electron chi connectivity index (χ0n) is 23.5. The molecule has 0 atom stereocenters. The molecule has 4 aromatic rings. The maximum absolute atomic E-state index is 13.7. The first-order valence-corrected chi connectivity index (χ1v) is 14.6.